The van der Waals surface area contributed by atoms with Crippen LogP contribution in [0.25, 0.3) is 10.8 Å². The summed E-state index contributed by atoms with van der Waals surface area (Å²) in [6.07, 6.45) is 6.96. The minimum absolute atomic E-state index is 0. The van der Waals surface area contributed by atoms with Gasteiger partial charge in [0, 0.05) is 26.3 Å². The van der Waals surface area contributed by atoms with Crippen LogP contribution in [-0.4, -0.2) is 20.6 Å². The number of halogens is 2. The molecular weight excluding hydrogens is 541 g/mol. The van der Waals surface area contributed by atoms with Crippen molar-refractivity contribution >= 4 is 30.5 Å². The van der Waals surface area contributed by atoms with E-state index in [1.54, 1.807) is 0 Å². The third-order valence-corrected chi connectivity index (χ3v) is 6.45. The first-order valence-electron chi connectivity index (χ1n) is 10.8. The van der Waals surface area contributed by atoms with Crippen molar-refractivity contribution in [1.29, 1.82) is 0 Å². The van der Waals surface area contributed by atoms with Gasteiger partial charge in [-0.25, -0.2) is 0 Å². The summed E-state index contributed by atoms with van der Waals surface area (Å²) in [4.78, 5) is 2.38. The predicted molar refractivity (Wildman–Crippen MR) is 135 cm³/mol. The molecule has 0 saturated carbocycles. The van der Waals surface area contributed by atoms with Crippen LogP contribution in [0.3, 0.4) is 0 Å². The Morgan fingerprint density at radius 1 is 0.939 bits per heavy atom. The molecule has 1 heterocycles. The maximum absolute atomic E-state index is 2.42. The fourth-order valence-electron chi connectivity index (χ4n) is 4.00. The minimum Gasteiger partial charge on any atom is -1.00 e. The van der Waals surface area contributed by atoms with Gasteiger partial charge in [0.25, 0.3) is 0 Å². The van der Waals surface area contributed by atoms with E-state index in [0.29, 0.717) is 5.92 Å². The van der Waals surface area contributed by atoms with E-state index in [1.807, 2.05) is 0 Å². The molecule has 3 aromatic carbocycles. The van der Waals surface area contributed by atoms with Crippen LogP contribution >= 0.6 is 0 Å². The predicted octanol–water partition coefficient (Wildman–Crippen LogP) is 1.08. The van der Waals surface area contributed by atoms with Gasteiger partial charge in [-0.3, -0.25) is 0 Å². The Kier molecular flexibility index (Phi) is 12.1. The van der Waals surface area contributed by atoms with Crippen molar-refractivity contribution in [3.63, 3.8) is 0 Å². The van der Waals surface area contributed by atoms with E-state index in [1.165, 1.54) is 38.9 Å². The summed E-state index contributed by atoms with van der Waals surface area (Å²) in [7, 11) is -0.313. The maximum atomic E-state index is 2.42. The Balaban J connectivity index is 0.000000322. The molecular formula is C28H30Cl2NSiZr. The van der Waals surface area contributed by atoms with Crippen molar-refractivity contribution in [3.05, 3.63) is 107 Å². The van der Waals surface area contributed by atoms with Gasteiger partial charge in [-0.2, -0.15) is 6.07 Å². The van der Waals surface area contributed by atoms with Crippen LogP contribution in [0.4, 0.5) is 5.69 Å². The molecule has 0 fully saturated rings. The average molecular weight is 571 g/mol. The number of benzene rings is 2. The van der Waals surface area contributed by atoms with E-state index in [9.17, 15) is 0 Å². The molecule has 1 nitrogen and oxygen atoms in total. The van der Waals surface area contributed by atoms with Crippen molar-refractivity contribution in [2.24, 2.45) is 0 Å². The molecule has 169 valence electrons. The van der Waals surface area contributed by atoms with E-state index in [0.717, 1.165) is 6.54 Å². The summed E-state index contributed by atoms with van der Waals surface area (Å²) in [5.74, 6) is 0.636. The van der Waals surface area contributed by atoms with Crippen LogP contribution < -0.4 is 29.7 Å². The van der Waals surface area contributed by atoms with Crippen molar-refractivity contribution in [2.75, 3.05) is 11.4 Å². The number of nitrogens with zero attached hydrogens (tertiary/aromatic N) is 1. The molecule has 0 amide bonds. The van der Waals surface area contributed by atoms with Crippen LogP contribution in [0.1, 0.15) is 25.3 Å². The third kappa shape index (κ3) is 7.30. The van der Waals surface area contributed by atoms with Gasteiger partial charge in [0.15, 0.2) is 0 Å². The Hall–Kier alpha value is -1.38. The molecule has 2 aliphatic rings. The van der Waals surface area contributed by atoms with Gasteiger partial charge in [0.05, 0.1) is 0 Å². The molecule has 0 atom stereocenters. The second-order valence-electron chi connectivity index (χ2n) is 8.57. The molecule has 1 aliphatic carbocycles. The molecule has 0 bridgehead atoms. The minimum atomic E-state index is -0.313. The van der Waals surface area contributed by atoms with Crippen molar-refractivity contribution in [2.45, 2.75) is 32.9 Å². The SMILES string of the molecule is CC(C)c1cc2ccccc2[cH-]1.C[Si](C)=CC1=CC2=CCN(c3ccccc3)C2=C1.[Cl-].[Cl-].[Zr+3]. The first-order chi connectivity index (χ1) is 14.5. The van der Waals surface area contributed by atoms with Gasteiger partial charge in [-0.1, -0.05) is 63.0 Å². The molecule has 1 radical (unpaired) electrons. The number of fused-ring (bicyclic) bond motifs is 2. The number of para-hydroxylation sites is 1. The summed E-state index contributed by atoms with van der Waals surface area (Å²) in [6, 6.07) is 23.7. The maximum Gasteiger partial charge on any atom is 3.00 e. The number of rotatable bonds is 3. The number of hydrogen-bond acceptors (Lipinski definition) is 1. The summed E-state index contributed by atoms with van der Waals surface area (Å²) < 4.78 is 0. The first kappa shape index (κ1) is 29.7. The molecule has 5 rings (SSSR count). The second-order valence-corrected chi connectivity index (χ2v) is 11.0. The zero-order valence-corrected chi connectivity index (χ0v) is 24.6. The van der Waals surface area contributed by atoms with Crippen LogP contribution in [0, 0.1) is 0 Å². The zero-order chi connectivity index (χ0) is 21.1. The van der Waals surface area contributed by atoms with Crippen molar-refractivity contribution in [1.82, 2.24) is 0 Å². The molecule has 0 spiro atoms. The molecule has 0 saturated heterocycles. The fraction of sp³-hybridized carbons (Fsp3) is 0.214. The smallest absolute Gasteiger partial charge is 1.00 e. The quantitative estimate of drug-likeness (QED) is 0.337. The topological polar surface area (TPSA) is 3.24 Å². The summed E-state index contributed by atoms with van der Waals surface area (Å²) >= 11 is 0. The monoisotopic (exact) mass is 568 g/mol. The average Bonchev–Trinajstić information content (AvgIpc) is 3.42. The van der Waals surface area contributed by atoms with Crippen LogP contribution in [0.2, 0.25) is 13.1 Å². The molecule has 3 aromatic rings. The Labute approximate surface area is 231 Å². The van der Waals surface area contributed by atoms with Gasteiger partial charge < -0.3 is 29.7 Å². The first-order valence-corrected chi connectivity index (χ1v) is 13.4. The van der Waals surface area contributed by atoms with E-state index < -0.39 is 0 Å². The molecule has 33 heavy (non-hydrogen) atoms. The normalized spacial score (nSPS) is 13.4. The van der Waals surface area contributed by atoms with Gasteiger partial charge in [0.1, 0.15) is 0 Å². The standard InChI is InChI=1S/C16H17NSi.C12H13.2ClH.Zr/c1-18(2)12-13-10-14-8-9-17(16(14)11-13)15-6-4-3-5-7-15;1-9(2)12-7-10-5-3-4-6-11(10)8-12;;;/h3-8,10-12H,9H2,1-2H3;3-9H,1-2H3;2*1H;/q;-1;;;+3/p-2. The molecule has 0 aromatic heterocycles. The van der Waals surface area contributed by atoms with E-state index in [4.69, 9.17) is 0 Å². The van der Waals surface area contributed by atoms with Crippen LogP contribution in [0.5, 0.6) is 0 Å². The van der Waals surface area contributed by atoms with Gasteiger partial charge in [-0.05, 0) is 41.3 Å². The molecule has 0 unspecified atom stereocenters. The van der Waals surface area contributed by atoms with E-state index in [-0.39, 0.29) is 59.4 Å². The van der Waals surface area contributed by atoms with E-state index in [2.05, 4.69) is 122 Å². The van der Waals surface area contributed by atoms with Gasteiger partial charge in [0.2, 0.25) is 0 Å². The van der Waals surface area contributed by atoms with Gasteiger partial charge in [-0.15, -0.1) is 40.6 Å². The van der Waals surface area contributed by atoms with Crippen molar-refractivity contribution < 1.29 is 51.0 Å². The molecule has 1 aliphatic heterocycles. The third-order valence-electron chi connectivity index (χ3n) is 5.54. The Bertz CT molecular complexity index is 1140. The number of allylic oxidation sites excluding steroid dienone is 3. The van der Waals surface area contributed by atoms with Crippen LogP contribution in [0.15, 0.2) is 102 Å². The summed E-state index contributed by atoms with van der Waals surface area (Å²) in [5.41, 5.74) is 9.26. The van der Waals surface area contributed by atoms with Crippen LogP contribution in [-0.2, 0) is 26.2 Å². The largest absolute Gasteiger partial charge is 3.00 e. The number of anilines is 1. The fourth-order valence-corrected chi connectivity index (χ4v) is 4.83. The molecule has 5 heteroatoms. The van der Waals surface area contributed by atoms with Crippen molar-refractivity contribution in [3.8, 4) is 0 Å². The second kappa shape index (κ2) is 13.5. The number of hydrogen-bond donors (Lipinski definition) is 0. The zero-order valence-electron chi connectivity index (χ0n) is 19.6. The summed E-state index contributed by atoms with van der Waals surface area (Å²) in [6.45, 7) is 10.1. The Morgan fingerprint density at radius 3 is 2.24 bits per heavy atom. The molecule has 0 N–H and O–H groups in total. The van der Waals surface area contributed by atoms with Gasteiger partial charge >= 0.3 is 26.2 Å². The van der Waals surface area contributed by atoms with E-state index >= 15 is 0 Å². The summed E-state index contributed by atoms with van der Waals surface area (Å²) in [5, 5.41) is 2.72. The Morgan fingerprint density at radius 2 is 1.61 bits per heavy atom.